The molecule has 0 radical (unpaired) electrons. The smallest absolute Gasteiger partial charge is 0.318 e. The first kappa shape index (κ1) is 11.3. The third-order valence-corrected chi connectivity index (χ3v) is 2.56. The highest BCUT2D eigenvalue weighted by Crippen LogP contribution is 2.08. The van der Waals surface area contributed by atoms with Crippen molar-refractivity contribution in [1.29, 1.82) is 0 Å². The van der Waals surface area contributed by atoms with Gasteiger partial charge in [-0.25, -0.2) is 4.79 Å². The van der Waals surface area contributed by atoms with E-state index in [1.165, 1.54) is 0 Å². The number of urea groups is 1. The van der Waals surface area contributed by atoms with Crippen LogP contribution in [0.5, 0.6) is 0 Å². The van der Waals surface area contributed by atoms with E-state index in [4.69, 9.17) is 0 Å². The predicted molar refractivity (Wildman–Crippen MR) is 53.9 cm³/mol. The zero-order chi connectivity index (χ0) is 10.7. The van der Waals surface area contributed by atoms with Crippen LogP contribution in [-0.4, -0.2) is 60.4 Å². The standard InChI is InChI=1S/C9H19N3O2/c1-7(11(2)3)10-9(14)12-5-4-8(13)6-12/h7-8,13H,4-6H2,1-3H3,(H,10,14). The Balaban J connectivity index is 2.35. The number of likely N-dealkylation sites (tertiary alicyclic amines) is 1. The minimum Gasteiger partial charge on any atom is -0.391 e. The summed E-state index contributed by atoms with van der Waals surface area (Å²) in [5, 5.41) is 12.1. The minimum absolute atomic E-state index is 0.0141. The van der Waals surface area contributed by atoms with Gasteiger partial charge in [0.2, 0.25) is 0 Å². The van der Waals surface area contributed by atoms with Crippen molar-refractivity contribution in [2.45, 2.75) is 25.6 Å². The number of rotatable bonds is 2. The Labute approximate surface area is 84.7 Å². The van der Waals surface area contributed by atoms with Crippen LogP contribution in [0.3, 0.4) is 0 Å². The van der Waals surface area contributed by atoms with Crippen LogP contribution in [0.1, 0.15) is 13.3 Å². The lowest BCUT2D eigenvalue weighted by atomic mass is 10.3. The second kappa shape index (κ2) is 4.61. The molecular weight excluding hydrogens is 182 g/mol. The summed E-state index contributed by atoms with van der Waals surface area (Å²) in [6.45, 7) is 3.02. The second-order valence-corrected chi connectivity index (χ2v) is 3.98. The number of nitrogens with one attached hydrogen (secondary N) is 1. The minimum atomic E-state index is -0.351. The van der Waals surface area contributed by atoms with Crippen molar-refractivity contribution in [2.24, 2.45) is 0 Å². The predicted octanol–water partition coefficient (Wildman–Crippen LogP) is -0.330. The third kappa shape index (κ3) is 2.85. The van der Waals surface area contributed by atoms with Gasteiger partial charge in [-0.05, 0) is 27.4 Å². The molecule has 5 nitrogen and oxygen atoms in total. The van der Waals surface area contributed by atoms with E-state index in [1.807, 2.05) is 25.9 Å². The lowest BCUT2D eigenvalue weighted by molar-refractivity contribution is 0.164. The van der Waals surface area contributed by atoms with E-state index in [0.717, 1.165) is 0 Å². The first-order chi connectivity index (χ1) is 6.50. The molecule has 1 aliphatic heterocycles. The number of hydrogen-bond acceptors (Lipinski definition) is 3. The van der Waals surface area contributed by atoms with E-state index in [0.29, 0.717) is 19.5 Å². The quantitative estimate of drug-likeness (QED) is 0.602. The highest BCUT2D eigenvalue weighted by atomic mass is 16.3. The SMILES string of the molecule is CC(NC(=O)N1CCC(O)C1)N(C)C. The van der Waals surface area contributed by atoms with Crippen molar-refractivity contribution in [1.82, 2.24) is 15.1 Å². The molecule has 2 amide bonds. The number of β-amino-alcohol motifs (C(OH)–C–C–N with tert-alkyl or cyclic N) is 1. The molecule has 14 heavy (non-hydrogen) atoms. The Kier molecular flexibility index (Phi) is 3.71. The van der Waals surface area contributed by atoms with Crippen molar-refractivity contribution in [3.63, 3.8) is 0 Å². The average molecular weight is 201 g/mol. The Morgan fingerprint density at radius 3 is 2.71 bits per heavy atom. The molecule has 82 valence electrons. The van der Waals surface area contributed by atoms with Crippen LogP contribution in [0.4, 0.5) is 4.79 Å². The molecule has 0 aromatic carbocycles. The third-order valence-electron chi connectivity index (χ3n) is 2.56. The fraction of sp³-hybridized carbons (Fsp3) is 0.889. The zero-order valence-electron chi connectivity index (χ0n) is 9.03. The molecule has 0 aromatic rings. The summed E-state index contributed by atoms with van der Waals surface area (Å²) in [7, 11) is 3.81. The summed E-state index contributed by atoms with van der Waals surface area (Å²) in [6, 6.07) is -0.0947. The highest BCUT2D eigenvalue weighted by molar-refractivity contribution is 5.74. The molecule has 2 N–H and O–H groups in total. The van der Waals surface area contributed by atoms with Crippen molar-refractivity contribution < 1.29 is 9.90 Å². The summed E-state index contributed by atoms with van der Waals surface area (Å²) in [4.78, 5) is 15.1. The summed E-state index contributed by atoms with van der Waals surface area (Å²) in [5.74, 6) is 0. The Bertz CT molecular complexity index is 208. The van der Waals surface area contributed by atoms with Crippen molar-refractivity contribution in [3.05, 3.63) is 0 Å². The number of aliphatic hydroxyl groups excluding tert-OH is 1. The zero-order valence-corrected chi connectivity index (χ0v) is 9.03. The molecule has 2 atom stereocenters. The lowest BCUT2D eigenvalue weighted by Crippen LogP contribution is -2.48. The Hall–Kier alpha value is -0.810. The van der Waals surface area contributed by atoms with Gasteiger partial charge in [-0.3, -0.25) is 4.90 Å². The van der Waals surface area contributed by atoms with Gasteiger partial charge in [0.25, 0.3) is 0 Å². The molecule has 0 saturated carbocycles. The second-order valence-electron chi connectivity index (χ2n) is 3.98. The first-order valence-corrected chi connectivity index (χ1v) is 4.90. The van der Waals surface area contributed by atoms with Gasteiger partial charge in [0.15, 0.2) is 0 Å². The maximum absolute atomic E-state index is 11.6. The molecule has 5 heteroatoms. The fourth-order valence-corrected chi connectivity index (χ4v) is 1.33. The molecule has 1 heterocycles. The van der Waals surface area contributed by atoms with E-state index < -0.39 is 0 Å². The Morgan fingerprint density at radius 2 is 2.29 bits per heavy atom. The number of carbonyl (C=O) groups excluding carboxylic acids is 1. The molecule has 1 saturated heterocycles. The van der Waals surface area contributed by atoms with Gasteiger partial charge in [-0.2, -0.15) is 0 Å². The molecule has 1 aliphatic rings. The van der Waals surface area contributed by atoms with Gasteiger partial charge in [-0.1, -0.05) is 0 Å². The lowest BCUT2D eigenvalue weighted by Gasteiger charge is -2.24. The van der Waals surface area contributed by atoms with E-state index >= 15 is 0 Å². The van der Waals surface area contributed by atoms with Crippen LogP contribution in [0.2, 0.25) is 0 Å². The maximum atomic E-state index is 11.6. The summed E-state index contributed by atoms with van der Waals surface area (Å²) in [5.41, 5.74) is 0. The molecule has 0 aromatic heterocycles. The molecule has 1 fully saturated rings. The van der Waals surface area contributed by atoms with E-state index in [-0.39, 0.29) is 18.3 Å². The van der Waals surface area contributed by atoms with Gasteiger partial charge >= 0.3 is 6.03 Å². The number of carbonyl (C=O) groups is 1. The van der Waals surface area contributed by atoms with E-state index in [2.05, 4.69) is 5.32 Å². The van der Waals surface area contributed by atoms with Crippen molar-refractivity contribution >= 4 is 6.03 Å². The number of hydrogen-bond donors (Lipinski definition) is 2. The van der Waals surface area contributed by atoms with Crippen molar-refractivity contribution in [2.75, 3.05) is 27.2 Å². The van der Waals surface area contributed by atoms with Crippen LogP contribution < -0.4 is 5.32 Å². The Morgan fingerprint density at radius 1 is 1.64 bits per heavy atom. The average Bonchev–Trinajstić information content (AvgIpc) is 2.51. The molecule has 2 unspecified atom stereocenters. The molecular formula is C9H19N3O2. The summed E-state index contributed by atoms with van der Waals surface area (Å²) in [6.07, 6.45) is 0.347. The van der Waals surface area contributed by atoms with Gasteiger partial charge < -0.3 is 15.3 Å². The van der Waals surface area contributed by atoms with Crippen LogP contribution in [0.25, 0.3) is 0 Å². The van der Waals surface area contributed by atoms with Gasteiger partial charge in [0.1, 0.15) is 0 Å². The molecule has 0 spiro atoms. The van der Waals surface area contributed by atoms with Crippen molar-refractivity contribution in [3.8, 4) is 0 Å². The first-order valence-electron chi connectivity index (χ1n) is 4.90. The highest BCUT2D eigenvalue weighted by Gasteiger charge is 2.25. The van der Waals surface area contributed by atoms with E-state index in [9.17, 15) is 9.90 Å². The molecule has 0 bridgehead atoms. The molecule has 0 aliphatic carbocycles. The summed E-state index contributed by atoms with van der Waals surface area (Å²) < 4.78 is 0. The van der Waals surface area contributed by atoms with Crippen LogP contribution >= 0.6 is 0 Å². The molecule has 1 rings (SSSR count). The summed E-state index contributed by atoms with van der Waals surface area (Å²) >= 11 is 0. The maximum Gasteiger partial charge on any atom is 0.318 e. The van der Waals surface area contributed by atoms with Gasteiger partial charge in [0.05, 0.1) is 12.3 Å². The number of aliphatic hydroxyl groups is 1. The number of nitrogens with zero attached hydrogens (tertiary/aromatic N) is 2. The van der Waals surface area contributed by atoms with Crippen LogP contribution in [-0.2, 0) is 0 Å². The van der Waals surface area contributed by atoms with Crippen LogP contribution in [0, 0.1) is 0 Å². The largest absolute Gasteiger partial charge is 0.391 e. The van der Waals surface area contributed by atoms with Gasteiger partial charge in [-0.15, -0.1) is 0 Å². The van der Waals surface area contributed by atoms with Crippen LogP contribution in [0.15, 0.2) is 0 Å². The fourth-order valence-electron chi connectivity index (χ4n) is 1.33. The topological polar surface area (TPSA) is 55.8 Å². The normalized spacial score (nSPS) is 24.1. The van der Waals surface area contributed by atoms with E-state index in [1.54, 1.807) is 4.90 Å². The monoisotopic (exact) mass is 201 g/mol. The number of amides is 2. The van der Waals surface area contributed by atoms with Gasteiger partial charge in [0, 0.05) is 13.1 Å².